The number of hydrogen-bond acceptors (Lipinski definition) is 7. The molecule has 1 aromatic heterocycles. The van der Waals surface area contributed by atoms with Gasteiger partial charge in [-0.25, -0.2) is 4.68 Å². The van der Waals surface area contributed by atoms with Crippen LogP contribution in [0.2, 0.25) is 5.02 Å². The van der Waals surface area contributed by atoms with E-state index in [2.05, 4.69) is 10.00 Å². The molecule has 2 aromatic carbocycles. The van der Waals surface area contributed by atoms with E-state index in [1.54, 1.807) is 30.3 Å². The molecule has 0 spiro atoms. The first-order valence-corrected chi connectivity index (χ1v) is 10.4. The summed E-state index contributed by atoms with van der Waals surface area (Å²) in [7, 11) is 1.63. The summed E-state index contributed by atoms with van der Waals surface area (Å²) in [5.41, 5.74) is 1.50. The number of nitro benzene ring substituents is 1. The normalized spacial score (nSPS) is 14.6. The number of anilines is 1. The molecule has 0 amide bonds. The SMILES string of the molecule is COc1cccc(-n2cnn(CN3CCN(c4ccc(Cl)cc4[N+](=O)[O-])CC3)c2=S)c1. The van der Waals surface area contributed by atoms with Crippen LogP contribution in [-0.4, -0.2) is 57.5 Å². The molecule has 0 aliphatic carbocycles. The predicted molar refractivity (Wildman–Crippen MR) is 121 cm³/mol. The molecule has 0 saturated carbocycles. The minimum absolute atomic E-state index is 0.0280. The Kier molecular flexibility index (Phi) is 6.21. The van der Waals surface area contributed by atoms with Gasteiger partial charge in [-0.05, 0) is 36.5 Å². The molecule has 0 radical (unpaired) electrons. The molecule has 31 heavy (non-hydrogen) atoms. The van der Waals surface area contributed by atoms with Gasteiger partial charge in [0.05, 0.1) is 24.4 Å². The van der Waals surface area contributed by atoms with Crippen LogP contribution in [0.4, 0.5) is 11.4 Å². The lowest BCUT2D eigenvalue weighted by atomic mass is 10.2. The highest BCUT2D eigenvalue weighted by molar-refractivity contribution is 7.71. The van der Waals surface area contributed by atoms with Crippen molar-refractivity contribution < 1.29 is 9.66 Å². The Bertz CT molecular complexity index is 1160. The summed E-state index contributed by atoms with van der Waals surface area (Å²) in [6.45, 7) is 3.33. The molecule has 1 aliphatic rings. The van der Waals surface area contributed by atoms with Crippen molar-refractivity contribution >= 4 is 35.2 Å². The van der Waals surface area contributed by atoms with E-state index >= 15 is 0 Å². The van der Waals surface area contributed by atoms with Gasteiger partial charge in [-0.1, -0.05) is 17.7 Å². The Hall–Kier alpha value is -2.95. The fraction of sp³-hybridized carbons (Fsp3) is 0.300. The van der Waals surface area contributed by atoms with Crippen LogP contribution in [0.25, 0.3) is 5.69 Å². The number of aromatic nitrogens is 3. The van der Waals surface area contributed by atoms with Gasteiger partial charge in [0.1, 0.15) is 17.8 Å². The number of rotatable bonds is 6. The molecular formula is C20H21ClN6O3S. The highest BCUT2D eigenvalue weighted by atomic mass is 35.5. The van der Waals surface area contributed by atoms with Crippen molar-refractivity contribution in [1.29, 1.82) is 0 Å². The average molecular weight is 461 g/mol. The molecule has 0 atom stereocenters. The van der Waals surface area contributed by atoms with Gasteiger partial charge in [0.15, 0.2) is 0 Å². The largest absolute Gasteiger partial charge is 0.497 e. The molecule has 11 heteroatoms. The van der Waals surface area contributed by atoms with Gasteiger partial charge >= 0.3 is 0 Å². The van der Waals surface area contributed by atoms with E-state index in [4.69, 9.17) is 28.6 Å². The molecule has 3 aromatic rings. The second-order valence-corrected chi connectivity index (χ2v) is 7.92. The summed E-state index contributed by atoms with van der Waals surface area (Å²) < 4.78 is 9.48. The van der Waals surface area contributed by atoms with E-state index in [9.17, 15) is 10.1 Å². The second-order valence-electron chi connectivity index (χ2n) is 7.12. The van der Waals surface area contributed by atoms with Gasteiger partial charge in [0.2, 0.25) is 4.77 Å². The second kappa shape index (κ2) is 9.04. The summed E-state index contributed by atoms with van der Waals surface area (Å²) in [5, 5.41) is 16.2. The number of piperazine rings is 1. The quantitative estimate of drug-likeness (QED) is 0.314. The molecule has 1 saturated heterocycles. The standard InChI is InChI=1S/C20H21ClN6O3S/c1-30-17-4-2-3-16(12-17)25-13-22-26(20(25)31)14-23-7-9-24(10-8-23)18-6-5-15(21)11-19(18)27(28)29/h2-6,11-13H,7-10,14H2,1H3. The third-order valence-corrected chi connectivity index (χ3v) is 5.89. The van der Waals surface area contributed by atoms with Crippen LogP contribution in [0.1, 0.15) is 0 Å². The topological polar surface area (TPSA) is 81.6 Å². The maximum Gasteiger partial charge on any atom is 0.294 e. The number of hydrogen-bond donors (Lipinski definition) is 0. The Morgan fingerprint density at radius 2 is 1.97 bits per heavy atom. The monoisotopic (exact) mass is 460 g/mol. The molecule has 4 rings (SSSR count). The highest BCUT2D eigenvalue weighted by Crippen LogP contribution is 2.31. The minimum Gasteiger partial charge on any atom is -0.497 e. The Morgan fingerprint density at radius 3 is 2.68 bits per heavy atom. The summed E-state index contributed by atoms with van der Waals surface area (Å²) >= 11 is 11.5. The number of halogens is 1. The van der Waals surface area contributed by atoms with E-state index in [0.29, 0.717) is 35.2 Å². The molecule has 0 N–H and O–H groups in total. The van der Waals surface area contributed by atoms with Gasteiger partial charge in [0.25, 0.3) is 5.69 Å². The molecule has 1 aliphatic heterocycles. The first-order chi connectivity index (χ1) is 15.0. The number of nitrogens with zero attached hydrogens (tertiary/aromatic N) is 6. The summed E-state index contributed by atoms with van der Waals surface area (Å²) in [6, 6.07) is 12.4. The lowest BCUT2D eigenvalue weighted by Gasteiger charge is -2.35. The van der Waals surface area contributed by atoms with Crippen molar-refractivity contribution in [2.75, 3.05) is 38.2 Å². The number of methoxy groups -OCH3 is 1. The zero-order valence-electron chi connectivity index (χ0n) is 16.8. The summed E-state index contributed by atoms with van der Waals surface area (Å²) in [6.07, 6.45) is 1.70. The third-order valence-electron chi connectivity index (χ3n) is 5.25. The van der Waals surface area contributed by atoms with Crippen molar-refractivity contribution in [2.45, 2.75) is 6.67 Å². The molecule has 2 heterocycles. The number of benzene rings is 2. The van der Waals surface area contributed by atoms with Crippen molar-refractivity contribution in [3.63, 3.8) is 0 Å². The maximum absolute atomic E-state index is 11.4. The van der Waals surface area contributed by atoms with Crippen molar-refractivity contribution in [1.82, 2.24) is 19.2 Å². The number of nitro groups is 1. The zero-order valence-corrected chi connectivity index (χ0v) is 18.4. The van der Waals surface area contributed by atoms with Crippen LogP contribution in [0.15, 0.2) is 48.8 Å². The van der Waals surface area contributed by atoms with Crippen LogP contribution in [0, 0.1) is 14.9 Å². The zero-order chi connectivity index (χ0) is 22.0. The minimum atomic E-state index is -0.391. The molecule has 162 valence electrons. The lowest BCUT2D eigenvalue weighted by Crippen LogP contribution is -2.47. The van der Waals surface area contributed by atoms with Gasteiger partial charge in [-0.3, -0.25) is 19.6 Å². The smallest absolute Gasteiger partial charge is 0.294 e. The van der Waals surface area contributed by atoms with Gasteiger partial charge in [-0.2, -0.15) is 5.10 Å². The van der Waals surface area contributed by atoms with Crippen molar-refractivity contribution in [3.8, 4) is 11.4 Å². The molecular weight excluding hydrogens is 440 g/mol. The predicted octanol–water partition coefficient (Wildman–Crippen LogP) is 3.75. The maximum atomic E-state index is 11.4. The third kappa shape index (κ3) is 4.55. The molecule has 1 fully saturated rings. The summed E-state index contributed by atoms with van der Waals surface area (Å²) in [4.78, 5) is 15.2. The average Bonchev–Trinajstić information content (AvgIpc) is 3.14. The van der Waals surface area contributed by atoms with E-state index in [1.165, 1.54) is 6.07 Å². The first kappa shape index (κ1) is 21.3. The van der Waals surface area contributed by atoms with Crippen LogP contribution < -0.4 is 9.64 Å². The van der Waals surface area contributed by atoms with Crippen LogP contribution in [0.3, 0.4) is 0 Å². The molecule has 0 unspecified atom stereocenters. The van der Waals surface area contributed by atoms with E-state index in [1.807, 2.05) is 33.7 Å². The van der Waals surface area contributed by atoms with Crippen LogP contribution >= 0.6 is 23.8 Å². The van der Waals surface area contributed by atoms with E-state index in [0.717, 1.165) is 24.5 Å². The van der Waals surface area contributed by atoms with E-state index in [-0.39, 0.29) is 5.69 Å². The Labute approximate surface area is 189 Å². The highest BCUT2D eigenvalue weighted by Gasteiger charge is 2.24. The molecule has 0 bridgehead atoms. The Balaban J connectivity index is 1.44. The first-order valence-electron chi connectivity index (χ1n) is 9.66. The number of ether oxygens (including phenoxy) is 1. The molecule has 9 nitrogen and oxygen atoms in total. The fourth-order valence-electron chi connectivity index (χ4n) is 3.60. The van der Waals surface area contributed by atoms with Crippen LogP contribution in [-0.2, 0) is 6.67 Å². The van der Waals surface area contributed by atoms with E-state index < -0.39 is 4.92 Å². The van der Waals surface area contributed by atoms with Crippen molar-refractivity contribution in [2.24, 2.45) is 0 Å². The van der Waals surface area contributed by atoms with Gasteiger partial charge in [-0.15, -0.1) is 0 Å². The van der Waals surface area contributed by atoms with Crippen LogP contribution in [0.5, 0.6) is 5.75 Å². The fourth-order valence-corrected chi connectivity index (χ4v) is 4.03. The Morgan fingerprint density at radius 1 is 1.19 bits per heavy atom. The van der Waals surface area contributed by atoms with Crippen molar-refractivity contribution in [3.05, 3.63) is 68.7 Å². The summed E-state index contributed by atoms with van der Waals surface area (Å²) in [5.74, 6) is 0.750. The van der Waals surface area contributed by atoms with Gasteiger partial charge in [0, 0.05) is 43.3 Å². The van der Waals surface area contributed by atoms with Gasteiger partial charge < -0.3 is 9.64 Å². The lowest BCUT2D eigenvalue weighted by molar-refractivity contribution is -0.384.